The van der Waals surface area contributed by atoms with Crippen LogP contribution in [0.5, 0.6) is 0 Å². The van der Waals surface area contributed by atoms with Crippen LogP contribution in [0, 0.1) is 34.5 Å². The Morgan fingerprint density at radius 2 is 2.00 bits per heavy atom. The Balaban J connectivity index is 1.86. The lowest BCUT2D eigenvalue weighted by molar-refractivity contribution is -0.142. The van der Waals surface area contributed by atoms with E-state index in [0.29, 0.717) is 11.3 Å². The van der Waals surface area contributed by atoms with Gasteiger partial charge >= 0.3 is 11.9 Å². The Labute approximate surface area is 144 Å². The van der Waals surface area contributed by atoms with Gasteiger partial charge < -0.3 is 9.84 Å². The molecule has 0 amide bonds. The molecule has 4 nitrogen and oxygen atoms in total. The molecule has 2 aliphatic carbocycles. The van der Waals surface area contributed by atoms with Crippen LogP contribution in [0.2, 0.25) is 0 Å². The molecule has 0 aromatic carbocycles. The lowest BCUT2D eigenvalue weighted by Crippen LogP contribution is -2.43. The molecule has 0 aromatic heterocycles. The zero-order valence-corrected chi connectivity index (χ0v) is 15.1. The maximum absolute atomic E-state index is 12.0. The number of carbonyl (C=O) groups excluding carboxylic acids is 1. The van der Waals surface area contributed by atoms with Gasteiger partial charge in [0.1, 0.15) is 0 Å². The van der Waals surface area contributed by atoms with Gasteiger partial charge in [-0.3, -0.25) is 9.59 Å². The highest BCUT2D eigenvalue weighted by Gasteiger charge is 2.56. The number of esters is 1. The van der Waals surface area contributed by atoms with Crippen LogP contribution in [-0.2, 0) is 14.3 Å². The number of cyclic esters (lactones) is 1. The number of carboxylic acid groups (broad SMARTS) is 1. The van der Waals surface area contributed by atoms with E-state index in [9.17, 15) is 14.7 Å². The first-order chi connectivity index (χ1) is 11.2. The van der Waals surface area contributed by atoms with Crippen LogP contribution in [0.1, 0.15) is 59.3 Å². The quantitative estimate of drug-likeness (QED) is 0.622. The second kappa shape index (κ2) is 5.89. The summed E-state index contributed by atoms with van der Waals surface area (Å²) in [4.78, 5) is 23.4. The number of hydrogen-bond donors (Lipinski definition) is 1. The van der Waals surface area contributed by atoms with Crippen molar-refractivity contribution in [2.24, 2.45) is 34.5 Å². The monoisotopic (exact) mass is 334 g/mol. The van der Waals surface area contributed by atoms with Crippen molar-refractivity contribution in [1.82, 2.24) is 0 Å². The molecule has 24 heavy (non-hydrogen) atoms. The van der Waals surface area contributed by atoms with Crippen molar-refractivity contribution in [2.75, 3.05) is 6.61 Å². The first-order valence-electron chi connectivity index (χ1n) is 9.24. The molecule has 3 fully saturated rings. The van der Waals surface area contributed by atoms with Crippen LogP contribution in [0.15, 0.2) is 12.2 Å². The van der Waals surface area contributed by atoms with E-state index in [1.54, 1.807) is 0 Å². The van der Waals surface area contributed by atoms with Gasteiger partial charge in [-0.2, -0.15) is 0 Å². The molecule has 0 aromatic rings. The molecule has 0 spiro atoms. The van der Waals surface area contributed by atoms with Crippen molar-refractivity contribution in [3.63, 3.8) is 0 Å². The Hall–Kier alpha value is -1.32. The molecule has 1 saturated heterocycles. The van der Waals surface area contributed by atoms with Crippen molar-refractivity contribution in [3.05, 3.63) is 12.2 Å². The number of rotatable bonds is 4. The van der Waals surface area contributed by atoms with Gasteiger partial charge in [0.15, 0.2) is 0 Å². The average molecular weight is 334 g/mol. The van der Waals surface area contributed by atoms with Crippen LogP contribution >= 0.6 is 0 Å². The molecule has 1 N–H and O–H groups in total. The molecule has 0 unspecified atom stereocenters. The lowest BCUT2D eigenvalue weighted by Gasteiger charge is -2.50. The van der Waals surface area contributed by atoms with Crippen LogP contribution in [-0.4, -0.2) is 23.7 Å². The number of carboxylic acids is 1. The summed E-state index contributed by atoms with van der Waals surface area (Å²) < 4.78 is 5.03. The smallest absolute Gasteiger partial charge is 0.311 e. The summed E-state index contributed by atoms with van der Waals surface area (Å²) in [5.41, 5.74) is 1.27. The van der Waals surface area contributed by atoms with E-state index >= 15 is 0 Å². The summed E-state index contributed by atoms with van der Waals surface area (Å²) in [6.07, 6.45) is 5.98. The largest absolute Gasteiger partial charge is 0.481 e. The van der Waals surface area contributed by atoms with Crippen LogP contribution in [0.25, 0.3) is 0 Å². The standard InChI is InChI=1S/C20H30O4/c1-12(17(18(22)23)13-10-16(21)24-11-13)14-6-7-15-19(2,3)8-5-9-20(14,15)4/h13-15,17H,1,5-11H2,2-4H3,(H,22,23)/t13-,14+,15-,17-,20+/m0/s1. The van der Waals surface area contributed by atoms with E-state index in [1.165, 1.54) is 12.8 Å². The molecule has 1 heterocycles. The van der Waals surface area contributed by atoms with Crippen molar-refractivity contribution < 1.29 is 19.4 Å². The van der Waals surface area contributed by atoms with E-state index in [-0.39, 0.29) is 36.2 Å². The minimum Gasteiger partial charge on any atom is -0.481 e. The molecule has 3 rings (SSSR count). The van der Waals surface area contributed by atoms with Gasteiger partial charge in [0.2, 0.25) is 0 Å². The molecular formula is C20H30O4. The van der Waals surface area contributed by atoms with Crippen molar-refractivity contribution >= 4 is 11.9 Å². The Kier molecular flexibility index (Phi) is 4.29. The van der Waals surface area contributed by atoms with Gasteiger partial charge in [0.05, 0.1) is 18.9 Å². The predicted octanol–water partition coefficient (Wildman–Crippen LogP) is 4.05. The highest BCUT2D eigenvalue weighted by Crippen LogP contribution is 2.64. The van der Waals surface area contributed by atoms with E-state index in [0.717, 1.165) is 24.8 Å². The van der Waals surface area contributed by atoms with E-state index in [2.05, 4.69) is 27.4 Å². The second-order valence-electron chi connectivity index (χ2n) is 9.07. The highest BCUT2D eigenvalue weighted by atomic mass is 16.5. The maximum atomic E-state index is 12.0. The zero-order valence-electron chi connectivity index (χ0n) is 15.1. The summed E-state index contributed by atoms with van der Waals surface area (Å²) in [6, 6.07) is 0. The van der Waals surface area contributed by atoms with Gasteiger partial charge in [-0.05, 0) is 48.3 Å². The second-order valence-corrected chi connectivity index (χ2v) is 9.07. The summed E-state index contributed by atoms with van der Waals surface area (Å²) in [5, 5.41) is 9.81. The number of aliphatic carboxylic acids is 1. The van der Waals surface area contributed by atoms with Gasteiger partial charge in [-0.1, -0.05) is 39.3 Å². The summed E-state index contributed by atoms with van der Waals surface area (Å²) in [6.45, 7) is 11.5. The van der Waals surface area contributed by atoms with Gasteiger partial charge in [-0.25, -0.2) is 0 Å². The van der Waals surface area contributed by atoms with E-state index in [1.807, 2.05) is 0 Å². The predicted molar refractivity (Wildman–Crippen MR) is 91.3 cm³/mol. The summed E-state index contributed by atoms with van der Waals surface area (Å²) >= 11 is 0. The SMILES string of the molecule is C=C([C@H](C(=O)O)[C@@H]1COC(=O)C1)[C@H]1CC[C@H]2C(C)(C)CCC[C@]12C. The normalized spacial score (nSPS) is 39.1. The zero-order chi connectivity index (χ0) is 17.7. The fourth-order valence-electron chi connectivity index (χ4n) is 6.20. The first-order valence-corrected chi connectivity index (χ1v) is 9.24. The van der Waals surface area contributed by atoms with Crippen molar-refractivity contribution in [1.29, 1.82) is 0 Å². The van der Waals surface area contributed by atoms with Crippen LogP contribution < -0.4 is 0 Å². The summed E-state index contributed by atoms with van der Waals surface area (Å²) in [7, 11) is 0. The summed E-state index contributed by atoms with van der Waals surface area (Å²) in [5.74, 6) is -1.21. The minimum absolute atomic E-state index is 0.135. The van der Waals surface area contributed by atoms with Crippen LogP contribution in [0.4, 0.5) is 0 Å². The third-order valence-corrected chi connectivity index (χ3v) is 7.29. The number of hydrogen-bond acceptors (Lipinski definition) is 3. The first kappa shape index (κ1) is 17.5. The van der Waals surface area contributed by atoms with E-state index in [4.69, 9.17) is 4.74 Å². The highest BCUT2D eigenvalue weighted by molar-refractivity contribution is 5.78. The van der Waals surface area contributed by atoms with Crippen LogP contribution in [0.3, 0.4) is 0 Å². The molecule has 5 atom stereocenters. The molecule has 1 aliphatic heterocycles. The van der Waals surface area contributed by atoms with Crippen molar-refractivity contribution in [3.8, 4) is 0 Å². The van der Waals surface area contributed by atoms with Crippen molar-refractivity contribution in [2.45, 2.75) is 59.3 Å². The number of ether oxygens (including phenoxy) is 1. The fourth-order valence-corrected chi connectivity index (χ4v) is 6.20. The molecule has 2 saturated carbocycles. The molecule has 134 valence electrons. The van der Waals surface area contributed by atoms with Gasteiger partial charge in [-0.15, -0.1) is 0 Å². The Morgan fingerprint density at radius 1 is 1.29 bits per heavy atom. The minimum atomic E-state index is -0.856. The molecule has 3 aliphatic rings. The maximum Gasteiger partial charge on any atom is 0.311 e. The average Bonchev–Trinajstić information content (AvgIpc) is 3.02. The number of fused-ring (bicyclic) bond motifs is 1. The fraction of sp³-hybridized carbons (Fsp3) is 0.800. The Morgan fingerprint density at radius 3 is 2.58 bits per heavy atom. The molecule has 0 bridgehead atoms. The lowest BCUT2D eigenvalue weighted by atomic mass is 9.54. The van der Waals surface area contributed by atoms with Gasteiger partial charge in [0.25, 0.3) is 0 Å². The number of carbonyl (C=O) groups is 2. The Bertz CT molecular complexity index is 564. The third kappa shape index (κ3) is 2.68. The molecular weight excluding hydrogens is 304 g/mol. The third-order valence-electron chi connectivity index (χ3n) is 7.29. The van der Waals surface area contributed by atoms with Gasteiger partial charge in [0, 0.05) is 5.92 Å². The topological polar surface area (TPSA) is 63.6 Å². The molecule has 4 heteroatoms. The molecule has 0 radical (unpaired) electrons. The van der Waals surface area contributed by atoms with E-state index < -0.39 is 11.9 Å².